The zero-order chi connectivity index (χ0) is 10.5. The number of carbonyl (C=O) groups excluding carboxylic acids is 1. The SMILES string of the molecule is CCCC(C)C.CCCCNC=O. The van der Waals surface area contributed by atoms with Gasteiger partial charge in [-0.2, -0.15) is 0 Å². The molecule has 1 N–H and O–H groups in total. The first kappa shape index (κ1) is 15.0. The highest BCUT2D eigenvalue weighted by atomic mass is 16.1. The molecule has 80 valence electrons. The van der Waals surface area contributed by atoms with Gasteiger partial charge in [0.05, 0.1) is 0 Å². The van der Waals surface area contributed by atoms with Crippen LogP contribution in [0.15, 0.2) is 0 Å². The molecule has 2 nitrogen and oxygen atoms in total. The molecule has 0 spiro atoms. The van der Waals surface area contributed by atoms with Gasteiger partial charge >= 0.3 is 0 Å². The van der Waals surface area contributed by atoms with E-state index in [1.807, 2.05) is 0 Å². The first-order valence-electron chi connectivity index (χ1n) is 5.36. The molecule has 0 saturated heterocycles. The second-order valence-corrected chi connectivity index (χ2v) is 3.61. The monoisotopic (exact) mass is 187 g/mol. The number of hydrogen-bond acceptors (Lipinski definition) is 1. The Kier molecular flexibility index (Phi) is 16.1. The van der Waals surface area contributed by atoms with Crippen molar-refractivity contribution in [1.29, 1.82) is 0 Å². The Hall–Kier alpha value is -0.530. The third kappa shape index (κ3) is 24.6. The molecule has 2 heteroatoms. The van der Waals surface area contributed by atoms with E-state index < -0.39 is 0 Å². The Labute approximate surface area is 83.1 Å². The van der Waals surface area contributed by atoms with E-state index in [0.29, 0.717) is 0 Å². The van der Waals surface area contributed by atoms with Gasteiger partial charge in [-0.3, -0.25) is 4.79 Å². The lowest BCUT2D eigenvalue weighted by Gasteiger charge is -1.95. The molecule has 0 aliphatic carbocycles. The summed E-state index contributed by atoms with van der Waals surface area (Å²) in [5, 5.41) is 2.57. The van der Waals surface area contributed by atoms with Gasteiger partial charge in [-0.1, -0.05) is 47.0 Å². The number of amides is 1. The minimum absolute atomic E-state index is 0.732. The Morgan fingerprint density at radius 2 is 1.85 bits per heavy atom. The molecule has 0 bridgehead atoms. The molecule has 0 atom stereocenters. The summed E-state index contributed by atoms with van der Waals surface area (Å²) in [6.07, 6.45) is 5.66. The van der Waals surface area contributed by atoms with Crippen LogP contribution in [0, 0.1) is 5.92 Å². The van der Waals surface area contributed by atoms with Gasteiger partial charge in [0.1, 0.15) is 0 Å². The van der Waals surface area contributed by atoms with Gasteiger partial charge in [-0.25, -0.2) is 0 Å². The van der Waals surface area contributed by atoms with Crippen LogP contribution in [0.4, 0.5) is 0 Å². The van der Waals surface area contributed by atoms with E-state index in [9.17, 15) is 4.79 Å². The molecular formula is C11H25NO. The fourth-order valence-electron chi connectivity index (χ4n) is 0.915. The molecule has 0 aliphatic heterocycles. The summed E-state index contributed by atoms with van der Waals surface area (Å²) in [6.45, 7) is 9.64. The van der Waals surface area contributed by atoms with Crippen molar-refractivity contribution in [2.45, 2.75) is 53.4 Å². The Balaban J connectivity index is 0. The number of rotatable bonds is 6. The largest absolute Gasteiger partial charge is 0.359 e. The third-order valence-electron chi connectivity index (χ3n) is 1.62. The summed E-state index contributed by atoms with van der Waals surface area (Å²) < 4.78 is 0. The van der Waals surface area contributed by atoms with Crippen molar-refractivity contribution in [3.63, 3.8) is 0 Å². The van der Waals surface area contributed by atoms with Crippen molar-refractivity contribution >= 4 is 6.41 Å². The topological polar surface area (TPSA) is 29.1 Å². The summed E-state index contributed by atoms with van der Waals surface area (Å²) >= 11 is 0. The minimum atomic E-state index is 0.732. The molecule has 0 rings (SSSR count). The van der Waals surface area contributed by atoms with Gasteiger partial charge in [0.2, 0.25) is 6.41 Å². The van der Waals surface area contributed by atoms with Crippen molar-refractivity contribution in [2.75, 3.05) is 6.54 Å². The zero-order valence-electron chi connectivity index (χ0n) is 9.60. The van der Waals surface area contributed by atoms with Gasteiger partial charge in [0, 0.05) is 6.54 Å². The molecule has 0 aromatic heterocycles. The Morgan fingerprint density at radius 1 is 1.23 bits per heavy atom. The van der Waals surface area contributed by atoms with Crippen LogP contribution >= 0.6 is 0 Å². The average molecular weight is 187 g/mol. The van der Waals surface area contributed by atoms with E-state index in [1.54, 1.807) is 0 Å². The lowest BCUT2D eigenvalue weighted by atomic mass is 10.1. The van der Waals surface area contributed by atoms with Crippen molar-refractivity contribution in [2.24, 2.45) is 5.92 Å². The third-order valence-corrected chi connectivity index (χ3v) is 1.62. The summed E-state index contributed by atoms with van der Waals surface area (Å²) in [7, 11) is 0. The van der Waals surface area contributed by atoms with Crippen molar-refractivity contribution < 1.29 is 4.79 Å². The Bertz CT molecular complexity index is 92.1. The van der Waals surface area contributed by atoms with Crippen LogP contribution < -0.4 is 5.32 Å². The van der Waals surface area contributed by atoms with E-state index in [-0.39, 0.29) is 0 Å². The predicted octanol–water partition coefficient (Wildman–Crippen LogP) is 2.98. The number of carbonyl (C=O) groups is 1. The van der Waals surface area contributed by atoms with Crippen molar-refractivity contribution in [3.05, 3.63) is 0 Å². The van der Waals surface area contributed by atoms with E-state index >= 15 is 0 Å². The van der Waals surface area contributed by atoms with Crippen LogP contribution in [-0.4, -0.2) is 13.0 Å². The molecule has 0 fully saturated rings. The van der Waals surface area contributed by atoms with Crippen LogP contribution in [0.3, 0.4) is 0 Å². The maximum Gasteiger partial charge on any atom is 0.207 e. The maximum absolute atomic E-state index is 9.57. The van der Waals surface area contributed by atoms with Crippen molar-refractivity contribution in [1.82, 2.24) is 5.32 Å². The zero-order valence-corrected chi connectivity index (χ0v) is 9.60. The summed E-state index contributed by atoms with van der Waals surface area (Å²) in [5.74, 6) is 0.898. The second-order valence-electron chi connectivity index (χ2n) is 3.61. The first-order valence-corrected chi connectivity index (χ1v) is 5.36. The molecule has 0 aromatic carbocycles. The van der Waals surface area contributed by atoms with E-state index in [2.05, 4.69) is 33.0 Å². The molecule has 0 radical (unpaired) electrons. The lowest BCUT2D eigenvalue weighted by Crippen LogP contribution is -2.11. The average Bonchev–Trinajstić information content (AvgIpc) is 2.06. The summed E-state index contributed by atoms with van der Waals surface area (Å²) in [6, 6.07) is 0. The molecule has 0 heterocycles. The quantitative estimate of drug-likeness (QED) is 0.502. The molecular weight excluding hydrogens is 162 g/mol. The number of unbranched alkanes of at least 4 members (excludes halogenated alkanes) is 1. The van der Waals surface area contributed by atoms with Gasteiger partial charge in [0.25, 0.3) is 0 Å². The van der Waals surface area contributed by atoms with Gasteiger partial charge in [0.15, 0.2) is 0 Å². The highest BCUT2D eigenvalue weighted by molar-refractivity contribution is 5.45. The maximum atomic E-state index is 9.57. The second kappa shape index (κ2) is 14.0. The minimum Gasteiger partial charge on any atom is -0.359 e. The van der Waals surface area contributed by atoms with Crippen LogP contribution in [0.25, 0.3) is 0 Å². The standard InChI is InChI=1S/C6H14.C5H11NO/c1-4-5-6(2)3;1-2-3-4-6-5-7/h6H,4-5H2,1-3H3;5H,2-4H2,1H3,(H,6,7). The highest BCUT2D eigenvalue weighted by Gasteiger charge is 1.85. The molecule has 0 unspecified atom stereocenters. The predicted molar refractivity (Wildman–Crippen MR) is 58.7 cm³/mol. The number of nitrogens with one attached hydrogen (secondary N) is 1. The van der Waals surface area contributed by atoms with Gasteiger partial charge < -0.3 is 5.32 Å². The Morgan fingerprint density at radius 3 is 2.08 bits per heavy atom. The van der Waals surface area contributed by atoms with Gasteiger partial charge in [-0.05, 0) is 12.3 Å². The smallest absolute Gasteiger partial charge is 0.207 e. The van der Waals surface area contributed by atoms with Crippen LogP contribution in [0.2, 0.25) is 0 Å². The first-order chi connectivity index (χ1) is 6.18. The molecule has 13 heavy (non-hydrogen) atoms. The normalized spacial score (nSPS) is 9.00. The van der Waals surface area contributed by atoms with Gasteiger partial charge in [-0.15, -0.1) is 0 Å². The van der Waals surface area contributed by atoms with Crippen molar-refractivity contribution in [3.8, 4) is 0 Å². The number of hydrogen-bond donors (Lipinski definition) is 1. The molecule has 0 saturated carbocycles. The fraction of sp³-hybridized carbons (Fsp3) is 0.909. The highest BCUT2D eigenvalue weighted by Crippen LogP contribution is 2.00. The fourth-order valence-corrected chi connectivity index (χ4v) is 0.915. The molecule has 0 aliphatic rings. The van der Waals surface area contributed by atoms with E-state index in [4.69, 9.17) is 0 Å². The van der Waals surface area contributed by atoms with Crippen LogP contribution in [-0.2, 0) is 4.79 Å². The molecule has 0 aromatic rings. The van der Waals surface area contributed by atoms with Crippen LogP contribution in [0.5, 0.6) is 0 Å². The van der Waals surface area contributed by atoms with E-state index in [1.165, 1.54) is 12.8 Å². The van der Waals surface area contributed by atoms with Crippen LogP contribution in [0.1, 0.15) is 53.4 Å². The molecule has 1 amide bonds. The summed E-state index contributed by atoms with van der Waals surface area (Å²) in [4.78, 5) is 9.57. The lowest BCUT2D eigenvalue weighted by molar-refractivity contribution is -0.109. The van der Waals surface area contributed by atoms with E-state index in [0.717, 1.165) is 31.7 Å². The summed E-state index contributed by atoms with van der Waals surface area (Å²) in [5.41, 5.74) is 0.